The van der Waals surface area contributed by atoms with Gasteiger partial charge in [0.25, 0.3) is 0 Å². The lowest BCUT2D eigenvalue weighted by atomic mass is 9.92. The topological polar surface area (TPSA) is 110 Å². The molecular weight excluding hydrogens is 391 g/mol. The van der Waals surface area contributed by atoms with Crippen molar-refractivity contribution in [3.8, 4) is 5.75 Å². The number of aliphatic imine (C=N–C) groups is 1. The summed E-state index contributed by atoms with van der Waals surface area (Å²) in [6.07, 6.45) is 4.41. The molecule has 2 aliphatic rings. The van der Waals surface area contributed by atoms with Crippen LogP contribution in [-0.4, -0.2) is 51.2 Å². The van der Waals surface area contributed by atoms with Crippen LogP contribution in [0, 0.1) is 0 Å². The van der Waals surface area contributed by atoms with E-state index in [9.17, 15) is 5.11 Å². The first-order valence-corrected chi connectivity index (χ1v) is 9.31. The van der Waals surface area contributed by atoms with E-state index in [2.05, 4.69) is 24.8 Å². The molecule has 0 saturated carbocycles. The Morgan fingerprint density at radius 1 is 1.26 bits per heavy atom. The highest BCUT2D eigenvalue weighted by Gasteiger charge is 2.32. The van der Waals surface area contributed by atoms with Crippen molar-refractivity contribution in [3.63, 3.8) is 0 Å². The van der Waals surface area contributed by atoms with Crippen LogP contribution in [0.4, 0.5) is 5.82 Å². The predicted octanol–water partition coefficient (Wildman–Crippen LogP) is 1.81. The molecule has 0 unspecified atom stereocenters. The number of pyridine rings is 1. The third kappa shape index (κ3) is 3.58. The number of nitrogens with zero attached hydrogens (tertiary/aromatic N) is 5. The zero-order chi connectivity index (χ0) is 19.0. The molecule has 3 N–H and O–H groups in total. The molecule has 10 heteroatoms. The van der Waals surface area contributed by atoms with Crippen LogP contribution in [0.2, 0.25) is 10.2 Å². The smallest absolute Gasteiger partial charge is 0.243 e. The van der Waals surface area contributed by atoms with Crippen LogP contribution < -0.4 is 15.4 Å². The highest BCUT2D eigenvalue weighted by molar-refractivity contribution is 6.42. The van der Waals surface area contributed by atoms with Crippen LogP contribution >= 0.6 is 23.2 Å². The fraction of sp³-hybridized carbons (Fsp3) is 0.412. The third-order valence-electron chi connectivity index (χ3n) is 4.82. The van der Waals surface area contributed by atoms with Gasteiger partial charge in [-0.3, -0.25) is 0 Å². The van der Waals surface area contributed by atoms with Crippen molar-refractivity contribution in [2.24, 2.45) is 10.7 Å². The van der Waals surface area contributed by atoms with E-state index in [0.717, 1.165) is 11.5 Å². The highest BCUT2D eigenvalue weighted by atomic mass is 35.5. The number of anilines is 1. The number of ether oxygens (including phenoxy) is 1. The summed E-state index contributed by atoms with van der Waals surface area (Å²) < 4.78 is 5.77. The Morgan fingerprint density at radius 3 is 2.78 bits per heavy atom. The Balaban J connectivity index is 1.50. The molecule has 4 heterocycles. The van der Waals surface area contributed by atoms with Gasteiger partial charge in [0.15, 0.2) is 10.9 Å². The number of hydrogen-bond donors (Lipinski definition) is 2. The van der Waals surface area contributed by atoms with Crippen molar-refractivity contribution in [2.75, 3.05) is 24.5 Å². The van der Waals surface area contributed by atoms with E-state index >= 15 is 0 Å². The maximum atomic E-state index is 10.3. The monoisotopic (exact) mass is 408 g/mol. The molecule has 4 rings (SSSR count). The van der Waals surface area contributed by atoms with E-state index in [-0.39, 0.29) is 16.7 Å². The number of piperidine rings is 1. The van der Waals surface area contributed by atoms with Gasteiger partial charge < -0.3 is 20.5 Å². The molecule has 142 valence electrons. The van der Waals surface area contributed by atoms with Gasteiger partial charge in [-0.25, -0.2) is 19.9 Å². The summed E-state index contributed by atoms with van der Waals surface area (Å²) in [6.45, 7) is 2.00. The summed E-state index contributed by atoms with van der Waals surface area (Å²) in [6, 6.07) is 1.61. The van der Waals surface area contributed by atoms with Gasteiger partial charge >= 0.3 is 0 Å². The molecule has 2 aromatic rings. The summed E-state index contributed by atoms with van der Waals surface area (Å²) >= 11 is 12.0. The van der Waals surface area contributed by atoms with Crippen LogP contribution in [0.25, 0.3) is 0 Å². The van der Waals surface area contributed by atoms with Crippen LogP contribution in [0.15, 0.2) is 23.5 Å². The molecule has 8 nitrogen and oxygen atoms in total. The first kappa shape index (κ1) is 18.4. The fourth-order valence-corrected chi connectivity index (χ4v) is 3.40. The number of hydrogen-bond acceptors (Lipinski definition) is 8. The Bertz CT molecular complexity index is 899. The van der Waals surface area contributed by atoms with Gasteiger partial charge in [-0.2, -0.15) is 0 Å². The van der Waals surface area contributed by atoms with Crippen molar-refractivity contribution in [3.05, 3.63) is 40.0 Å². The van der Waals surface area contributed by atoms with Crippen molar-refractivity contribution in [1.82, 2.24) is 15.0 Å². The number of fused-ring (bicyclic) bond motifs is 1. The molecule has 1 saturated heterocycles. The first-order valence-electron chi connectivity index (χ1n) is 8.55. The molecule has 2 aromatic heterocycles. The zero-order valence-electron chi connectivity index (χ0n) is 14.4. The van der Waals surface area contributed by atoms with Crippen molar-refractivity contribution < 1.29 is 9.84 Å². The normalized spacial score (nSPS) is 18.2. The highest BCUT2D eigenvalue weighted by Crippen LogP contribution is 2.31. The third-order valence-corrected chi connectivity index (χ3v) is 5.57. The Labute approximate surface area is 166 Å². The molecule has 0 atom stereocenters. The number of halogens is 2. The molecule has 0 amide bonds. The second kappa shape index (κ2) is 7.20. The average molecular weight is 409 g/mol. The second-order valence-corrected chi connectivity index (χ2v) is 7.31. The standard InChI is InChI=1S/C17H18Cl2N6O2/c18-13-11(1-4-21-15(13)19)27-16-14-10(7-23-16)24-12(8-22-14)25-5-2-17(26,9-20)3-6-25/h1,4,8,26H,2-3,5-7,9,20H2. The Hall–Kier alpha value is -2.00. The number of aromatic nitrogens is 3. The lowest BCUT2D eigenvalue weighted by Crippen LogP contribution is -2.49. The summed E-state index contributed by atoms with van der Waals surface area (Å²) in [4.78, 5) is 19.5. The van der Waals surface area contributed by atoms with Gasteiger partial charge in [0, 0.05) is 31.9 Å². The van der Waals surface area contributed by atoms with Gasteiger partial charge in [0.2, 0.25) is 5.90 Å². The minimum absolute atomic E-state index is 0.164. The summed E-state index contributed by atoms with van der Waals surface area (Å²) in [5.74, 6) is 1.48. The minimum atomic E-state index is -0.782. The lowest BCUT2D eigenvalue weighted by Gasteiger charge is -2.37. The predicted molar refractivity (Wildman–Crippen MR) is 103 cm³/mol. The molecular formula is C17H18Cl2N6O2. The van der Waals surface area contributed by atoms with E-state index in [1.54, 1.807) is 12.3 Å². The zero-order valence-corrected chi connectivity index (χ0v) is 15.9. The molecule has 1 fully saturated rings. The van der Waals surface area contributed by atoms with Crippen molar-refractivity contribution in [1.29, 1.82) is 0 Å². The van der Waals surface area contributed by atoms with Crippen LogP contribution in [0.5, 0.6) is 5.75 Å². The Morgan fingerprint density at radius 2 is 2.04 bits per heavy atom. The summed E-state index contributed by atoms with van der Waals surface area (Å²) in [5.41, 5.74) is 6.18. The lowest BCUT2D eigenvalue weighted by molar-refractivity contribution is 0.0248. The van der Waals surface area contributed by atoms with E-state index in [1.807, 2.05) is 0 Å². The molecule has 0 radical (unpaired) electrons. The van der Waals surface area contributed by atoms with E-state index in [0.29, 0.717) is 49.8 Å². The molecule has 2 aliphatic heterocycles. The maximum Gasteiger partial charge on any atom is 0.243 e. The second-order valence-electron chi connectivity index (χ2n) is 6.58. The maximum absolute atomic E-state index is 10.3. The number of aliphatic hydroxyl groups is 1. The van der Waals surface area contributed by atoms with Crippen LogP contribution in [0.3, 0.4) is 0 Å². The van der Waals surface area contributed by atoms with Crippen molar-refractivity contribution in [2.45, 2.75) is 25.0 Å². The Kier molecular flexibility index (Phi) is 4.90. The molecule has 0 aliphatic carbocycles. The van der Waals surface area contributed by atoms with E-state index < -0.39 is 5.60 Å². The number of rotatable bonds is 3. The van der Waals surface area contributed by atoms with E-state index in [1.165, 1.54) is 6.20 Å². The molecule has 27 heavy (non-hydrogen) atoms. The molecule has 0 spiro atoms. The van der Waals surface area contributed by atoms with E-state index in [4.69, 9.17) is 33.7 Å². The van der Waals surface area contributed by atoms with Gasteiger partial charge in [0.05, 0.1) is 24.0 Å². The SMILES string of the molecule is NCC1(O)CCN(c2cnc3c(n2)CN=C3Oc2ccnc(Cl)c2Cl)CC1. The fourth-order valence-electron chi connectivity index (χ4n) is 3.10. The number of nitrogens with two attached hydrogens (primary N) is 1. The van der Waals surface area contributed by atoms with Crippen LogP contribution in [-0.2, 0) is 6.54 Å². The average Bonchev–Trinajstić information content (AvgIpc) is 3.08. The van der Waals surface area contributed by atoms with Gasteiger partial charge in [-0.05, 0) is 12.8 Å². The molecule has 0 bridgehead atoms. The first-order chi connectivity index (χ1) is 13.0. The van der Waals surface area contributed by atoms with Crippen LogP contribution in [0.1, 0.15) is 24.2 Å². The summed E-state index contributed by atoms with van der Waals surface area (Å²) in [5, 5.41) is 10.7. The molecule has 0 aromatic carbocycles. The summed E-state index contributed by atoms with van der Waals surface area (Å²) in [7, 11) is 0. The quantitative estimate of drug-likeness (QED) is 0.744. The largest absolute Gasteiger partial charge is 0.435 e. The van der Waals surface area contributed by atoms with Gasteiger partial charge in [0.1, 0.15) is 16.5 Å². The van der Waals surface area contributed by atoms with Gasteiger partial charge in [-0.1, -0.05) is 23.2 Å². The van der Waals surface area contributed by atoms with Gasteiger partial charge in [-0.15, -0.1) is 0 Å². The minimum Gasteiger partial charge on any atom is -0.435 e. The van der Waals surface area contributed by atoms with Crippen molar-refractivity contribution >= 4 is 34.9 Å².